The molecule has 3 rings (SSSR count). The van der Waals surface area contributed by atoms with E-state index < -0.39 is 0 Å². The number of likely N-dealkylation sites (N-methyl/N-ethyl adjacent to an activating group) is 1. The fraction of sp³-hybridized carbons (Fsp3) is 0.346. The average Bonchev–Trinajstić information content (AvgIpc) is 2.83. The summed E-state index contributed by atoms with van der Waals surface area (Å²) in [4.78, 5) is 40.1. The molecule has 1 heterocycles. The molecule has 0 saturated carbocycles. The van der Waals surface area contributed by atoms with Gasteiger partial charge in [-0.25, -0.2) is 0 Å². The molecule has 1 fully saturated rings. The summed E-state index contributed by atoms with van der Waals surface area (Å²) in [6, 6.07) is 18.0. The van der Waals surface area contributed by atoms with Crippen LogP contribution >= 0.6 is 0 Å². The molecule has 6 heteroatoms. The molecule has 0 atom stereocenters. The summed E-state index contributed by atoms with van der Waals surface area (Å²) in [5.74, 6) is -0.672. The zero-order valence-corrected chi connectivity index (χ0v) is 18.7. The molecule has 1 aliphatic rings. The van der Waals surface area contributed by atoms with Crippen molar-refractivity contribution in [1.29, 1.82) is 0 Å². The van der Waals surface area contributed by atoms with Gasteiger partial charge in [-0.05, 0) is 48.6 Å². The van der Waals surface area contributed by atoms with Crippen molar-refractivity contribution in [3.63, 3.8) is 0 Å². The highest BCUT2D eigenvalue weighted by Gasteiger charge is 2.28. The molecule has 2 aromatic rings. The lowest BCUT2D eigenvalue weighted by atomic mass is 9.97. The normalized spacial score (nSPS) is 14.4. The molecular formula is C26H30N2O4. The number of ether oxygens (including phenoxy) is 1. The van der Waals surface area contributed by atoms with E-state index in [1.807, 2.05) is 54.6 Å². The topological polar surface area (TPSA) is 66.9 Å². The molecule has 168 valence electrons. The Bertz CT molecular complexity index is 963. The van der Waals surface area contributed by atoms with Crippen LogP contribution in [0.3, 0.4) is 0 Å². The van der Waals surface area contributed by atoms with Gasteiger partial charge in [0.05, 0.1) is 19.1 Å². The van der Waals surface area contributed by atoms with Crippen molar-refractivity contribution in [2.75, 3.05) is 33.3 Å². The van der Waals surface area contributed by atoms with Crippen molar-refractivity contribution in [3.05, 3.63) is 66.2 Å². The lowest BCUT2D eigenvalue weighted by Crippen LogP contribution is -2.45. The highest BCUT2D eigenvalue weighted by molar-refractivity contribution is 5.94. The second-order valence-electron chi connectivity index (χ2n) is 7.93. The SMILES string of the molecule is CCOC(=O)C1CCN(C(=O)CN(C)C(=O)/C=C/c2cccc(-c3ccccc3)c2)CC1. The molecular weight excluding hydrogens is 404 g/mol. The predicted molar refractivity (Wildman–Crippen MR) is 124 cm³/mol. The fourth-order valence-corrected chi connectivity index (χ4v) is 3.75. The van der Waals surface area contributed by atoms with Gasteiger partial charge < -0.3 is 14.5 Å². The summed E-state index contributed by atoms with van der Waals surface area (Å²) in [7, 11) is 1.62. The highest BCUT2D eigenvalue weighted by Crippen LogP contribution is 2.21. The Kier molecular flexibility index (Phi) is 8.20. The lowest BCUT2D eigenvalue weighted by Gasteiger charge is -2.32. The maximum absolute atomic E-state index is 12.6. The first-order chi connectivity index (χ1) is 15.5. The van der Waals surface area contributed by atoms with E-state index in [0.29, 0.717) is 32.5 Å². The maximum atomic E-state index is 12.6. The number of amides is 2. The third-order valence-electron chi connectivity index (χ3n) is 5.63. The van der Waals surface area contributed by atoms with Crippen LogP contribution < -0.4 is 0 Å². The molecule has 6 nitrogen and oxygen atoms in total. The molecule has 2 amide bonds. The number of hydrogen-bond donors (Lipinski definition) is 0. The minimum Gasteiger partial charge on any atom is -0.466 e. The zero-order valence-electron chi connectivity index (χ0n) is 18.7. The second-order valence-corrected chi connectivity index (χ2v) is 7.93. The number of hydrogen-bond acceptors (Lipinski definition) is 4. The van der Waals surface area contributed by atoms with Gasteiger partial charge in [-0.1, -0.05) is 48.5 Å². The van der Waals surface area contributed by atoms with E-state index in [9.17, 15) is 14.4 Å². The molecule has 2 aromatic carbocycles. The molecule has 32 heavy (non-hydrogen) atoms. The van der Waals surface area contributed by atoms with Crippen LogP contribution in [0.25, 0.3) is 17.2 Å². The van der Waals surface area contributed by atoms with Crippen LogP contribution in [0.4, 0.5) is 0 Å². The number of piperidine rings is 1. The molecule has 1 saturated heterocycles. The van der Waals surface area contributed by atoms with Gasteiger partial charge in [-0.15, -0.1) is 0 Å². The molecule has 1 aliphatic heterocycles. The molecule has 0 N–H and O–H groups in total. The van der Waals surface area contributed by atoms with E-state index >= 15 is 0 Å². The smallest absolute Gasteiger partial charge is 0.309 e. The largest absolute Gasteiger partial charge is 0.466 e. The predicted octanol–water partition coefficient (Wildman–Crippen LogP) is 3.63. The van der Waals surface area contributed by atoms with Crippen LogP contribution in [0.5, 0.6) is 0 Å². The Labute approximate surface area is 189 Å². The quantitative estimate of drug-likeness (QED) is 0.493. The molecule has 0 bridgehead atoms. The van der Waals surface area contributed by atoms with Crippen molar-refractivity contribution in [2.24, 2.45) is 5.92 Å². The van der Waals surface area contributed by atoms with Gasteiger partial charge in [-0.2, -0.15) is 0 Å². The summed E-state index contributed by atoms with van der Waals surface area (Å²) >= 11 is 0. The number of carbonyl (C=O) groups excluding carboxylic acids is 3. The van der Waals surface area contributed by atoms with Crippen LogP contribution in [-0.2, 0) is 19.1 Å². The molecule has 0 aliphatic carbocycles. The summed E-state index contributed by atoms with van der Waals surface area (Å²) in [6.07, 6.45) is 4.45. The van der Waals surface area contributed by atoms with Crippen molar-refractivity contribution >= 4 is 23.9 Å². The number of esters is 1. The van der Waals surface area contributed by atoms with Crippen molar-refractivity contribution < 1.29 is 19.1 Å². The lowest BCUT2D eigenvalue weighted by molar-refractivity contribution is -0.151. The van der Waals surface area contributed by atoms with E-state index in [-0.39, 0.29) is 30.2 Å². The summed E-state index contributed by atoms with van der Waals surface area (Å²) in [5, 5.41) is 0. The van der Waals surface area contributed by atoms with Crippen molar-refractivity contribution in [3.8, 4) is 11.1 Å². The Morgan fingerprint density at radius 1 is 1.03 bits per heavy atom. The standard InChI is InChI=1S/C26H30N2O4/c1-3-32-26(31)22-14-16-28(17-15-22)25(30)19-27(2)24(29)13-12-20-8-7-11-23(18-20)21-9-5-4-6-10-21/h4-13,18,22H,3,14-17,19H2,1-2H3/b13-12+. The summed E-state index contributed by atoms with van der Waals surface area (Å²) in [6.45, 7) is 3.18. The minimum atomic E-state index is -0.232. The first-order valence-electron chi connectivity index (χ1n) is 11.0. The number of nitrogens with zero attached hydrogens (tertiary/aromatic N) is 2. The molecule has 0 aromatic heterocycles. The maximum Gasteiger partial charge on any atom is 0.309 e. The number of carbonyl (C=O) groups is 3. The van der Waals surface area contributed by atoms with Gasteiger partial charge in [0.25, 0.3) is 0 Å². The van der Waals surface area contributed by atoms with Crippen molar-refractivity contribution in [1.82, 2.24) is 9.80 Å². The monoisotopic (exact) mass is 434 g/mol. The first kappa shape index (κ1) is 23.3. The van der Waals surface area contributed by atoms with Crippen LogP contribution in [0.1, 0.15) is 25.3 Å². The van der Waals surface area contributed by atoms with E-state index in [2.05, 4.69) is 0 Å². The average molecular weight is 435 g/mol. The van der Waals surface area contributed by atoms with Gasteiger partial charge in [0, 0.05) is 26.2 Å². The fourth-order valence-electron chi connectivity index (χ4n) is 3.75. The van der Waals surface area contributed by atoms with Gasteiger partial charge in [0.15, 0.2) is 0 Å². The number of likely N-dealkylation sites (tertiary alicyclic amines) is 1. The van der Waals surface area contributed by atoms with E-state index in [0.717, 1.165) is 16.7 Å². The van der Waals surface area contributed by atoms with Gasteiger partial charge in [0.2, 0.25) is 11.8 Å². The zero-order chi connectivity index (χ0) is 22.9. The Morgan fingerprint density at radius 2 is 1.72 bits per heavy atom. The van der Waals surface area contributed by atoms with Crippen molar-refractivity contribution in [2.45, 2.75) is 19.8 Å². The van der Waals surface area contributed by atoms with Gasteiger partial charge in [0.1, 0.15) is 0 Å². The molecule has 0 spiro atoms. The Morgan fingerprint density at radius 3 is 2.41 bits per heavy atom. The number of rotatable bonds is 7. The summed E-state index contributed by atoms with van der Waals surface area (Å²) < 4.78 is 5.07. The third-order valence-corrected chi connectivity index (χ3v) is 5.63. The third kappa shape index (κ3) is 6.30. The Hall–Kier alpha value is -3.41. The summed E-state index contributed by atoms with van der Waals surface area (Å²) in [5.41, 5.74) is 3.11. The minimum absolute atomic E-state index is 0.0112. The Balaban J connectivity index is 1.51. The van der Waals surface area contributed by atoms with E-state index in [1.54, 1.807) is 24.9 Å². The first-order valence-corrected chi connectivity index (χ1v) is 11.0. The van der Waals surface area contributed by atoms with Crippen LogP contribution in [0.2, 0.25) is 0 Å². The molecule has 0 radical (unpaired) electrons. The van der Waals surface area contributed by atoms with Crippen LogP contribution in [0, 0.1) is 5.92 Å². The van der Waals surface area contributed by atoms with Gasteiger partial charge >= 0.3 is 5.97 Å². The second kappa shape index (κ2) is 11.3. The highest BCUT2D eigenvalue weighted by atomic mass is 16.5. The molecule has 0 unspecified atom stereocenters. The number of benzene rings is 2. The van der Waals surface area contributed by atoms with Crippen LogP contribution in [-0.4, -0.2) is 60.9 Å². The van der Waals surface area contributed by atoms with E-state index in [4.69, 9.17) is 4.74 Å². The van der Waals surface area contributed by atoms with E-state index in [1.165, 1.54) is 11.0 Å². The van der Waals surface area contributed by atoms with Crippen LogP contribution in [0.15, 0.2) is 60.7 Å². The van der Waals surface area contributed by atoms with Gasteiger partial charge in [-0.3, -0.25) is 14.4 Å².